The highest BCUT2D eigenvalue weighted by Gasteiger charge is 2.32. The smallest absolute Gasteiger partial charge is 0.0671 e. The molecule has 0 aliphatic heterocycles. The molecule has 0 saturated heterocycles. The summed E-state index contributed by atoms with van der Waals surface area (Å²) in [6.45, 7) is 12.3. The first-order valence-electron chi connectivity index (χ1n) is 6.27. The van der Waals surface area contributed by atoms with Gasteiger partial charge in [0.15, 0.2) is 0 Å². The molecule has 15 heavy (non-hydrogen) atoms. The van der Waals surface area contributed by atoms with Crippen LogP contribution in [-0.2, 0) is 4.74 Å². The van der Waals surface area contributed by atoms with Crippen molar-refractivity contribution in [1.82, 2.24) is 0 Å². The Kier molecular flexibility index (Phi) is 4.85. The molecule has 2 unspecified atom stereocenters. The molecule has 1 aliphatic rings. The molecule has 0 radical (unpaired) electrons. The van der Waals surface area contributed by atoms with Gasteiger partial charge in [-0.05, 0) is 31.1 Å². The Hall–Kier alpha value is -0.300. The average molecular weight is 210 g/mol. The van der Waals surface area contributed by atoms with Gasteiger partial charge < -0.3 is 4.74 Å². The first kappa shape index (κ1) is 12.8. The van der Waals surface area contributed by atoms with Gasteiger partial charge in [0.25, 0.3) is 0 Å². The third kappa shape index (κ3) is 3.98. The minimum atomic E-state index is 0.521. The van der Waals surface area contributed by atoms with Crippen LogP contribution in [0.25, 0.3) is 0 Å². The third-order valence-electron chi connectivity index (χ3n) is 3.99. The molecule has 1 rings (SSSR count). The molecule has 0 N–H and O–H groups in total. The molecule has 2 atom stereocenters. The van der Waals surface area contributed by atoms with Crippen molar-refractivity contribution in [3.8, 4) is 0 Å². The van der Waals surface area contributed by atoms with E-state index in [4.69, 9.17) is 4.74 Å². The maximum absolute atomic E-state index is 5.61. The Bertz CT molecular complexity index is 209. The third-order valence-corrected chi connectivity index (χ3v) is 3.99. The van der Waals surface area contributed by atoms with Crippen LogP contribution in [0.5, 0.6) is 0 Å². The molecule has 0 aromatic rings. The van der Waals surface area contributed by atoms with Crippen LogP contribution in [0.1, 0.15) is 52.9 Å². The quantitative estimate of drug-likeness (QED) is 0.488. The lowest BCUT2D eigenvalue weighted by Crippen LogP contribution is -2.30. The summed E-state index contributed by atoms with van der Waals surface area (Å²) in [5.74, 6) is 0.861. The normalized spacial score (nSPS) is 31.5. The molecule has 1 fully saturated rings. The molecule has 0 aromatic carbocycles. The molecule has 0 heterocycles. The van der Waals surface area contributed by atoms with E-state index in [1.54, 1.807) is 0 Å². The lowest BCUT2D eigenvalue weighted by Gasteiger charge is -2.39. The lowest BCUT2D eigenvalue weighted by molar-refractivity contribution is 0.0604. The summed E-state index contributed by atoms with van der Waals surface area (Å²) in [5.41, 5.74) is 1.64. The average Bonchev–Trinajstić information content (AvgIpc) is 2.18. The molecule has 88 valence electrons. The van der Waals surface area contributed by atoms with Crippen LogP contribution < -0.4 is 0 Å². The number of hydrogen-bond acceptors (Lipinski definition) is 1. The molecule has 1 aliphatic carbocycles. The molecule has 0 spiro atoms. The van der Waals surface area contributed by atoms with Crippen LogP contribution in [0.3, 0.4) is 0 Å². The Labute approximate surface area is 94.9 Å². The largest absolute Gasteiger partial charge is 0.377 e. The second-order valence-corrected chi connectivity index (χ2v) is 5.56. The molecule has 0 bridgehead atoms. The predicted molar refractivity (Wildman–Crippen MR) is 66.0 cm³/mol. The predicted octanol–water partition coefficient (Wildman–Crippen LogP) is 4.19. The number of rotatable bonds is 5. The molecular weight excluding hydrogens is 184 g/mol. The van der Waals surface area contributed by atoms with Gasteiger partial charge in [0.05, 0.1) is 6.61 Å². The number of hydrogen-bond donors (Lipinski definition) is 0. The van der Waals surface area contributed by atoms with E-state index >= 15 is 0 Å². The van der Waals surface area contributed by atoms with Crippen LogP contribution in [0.2, 0.25) is 0 Å². The summed E-state index contributed by atoms with van der Waals surface area (Å²) in [4.78, 5) is 0. The minimum Gasteiger partial charge on any atom is -0.377 e. The van der Waals surface area contributed by atoms with Gasteiger partial charge in [0.1, 0.15) is 0 Å². The Morgan fingerprint density at radius 3 is 2.80 bits per heavy atom. The maximum Gasteiger partial charge on any atom is 0.0671 e. The second kappa shape index (κ2) is 5.69. The molecule has 1 saturated carbocycles. The highest BCUT2D eigenvalue weighted by molar-refractivity contribution is 4.88. The molecular formula is C14H26O. The van der Waals surface area contributed by atoms with Gasteiger partial charge in [-0.1, -0.05) is 45.3 Å². The van der Waals surface area contributed by atoms with E-state index in [0.717, 1.165) is 24.7 Å². The van der Waals surface area contributed by atoms with Gasteiger partial charge in [-0.15, -0.1) is 0 Å². The van der Waals surface area contributed by atoms with Gasteiger partial charge in [-0.2, -0.15) is 0 Å². The van der Waals surface area contributed by atoms with Crippen molar-refractivity contribution in [3.05, 3.63) is 12.2 Å². The second-order valence-electron chi connectivity index (χ2n) is 5.56. The zero-order valence-corrected chi connectivity index (χ0v) is 10.6. The first-order chi connectivity index (χ1) is 7.04. The van der Waals surface area contributed by atoms with Gasteiger partial charge in [0.2, 0.25) is 0 Å². The van der Waals surface area contributed by atoms with E-state index in [2.05, 4.69) is 20.4 Å². The van der Waals surface area contributed by atoms with Crippen molar-refractivity contribution in [3.63, 3.8) is 0 Å². The Morgan fingerprint density at radius 2 is 2.20 bits per heavy atom. The van der Waals surface area contributed by atoms with Crippen LogP contribution in [0.4, 0.5) is 0 Å². The first-order valence-corrected chi connectivity index (χ1v) is 6.27. The number of ether oxygens (including phenoxy) is 1. The van der Waals surface area contributed by atoms with Crippen molar-refractivity contribution >= 4 is 0 Å². The summed E-state index contributed by atoms with van der Waals surface area (Å²) in [6.07, 6.45) is 6.81. The van der Waals surface area contributed by atoms with E-state index in [1.807, 2.05) is 6.92 Å². The van der Waals surface area contributed by atoms with Gasteiger partial charge in [0, 0.05) is 6.61 Å². The fraction of sp³-hybridized carbons (Fsp3) is 0.857. The van der Waals surface area contributed by atoms with Crippen molar-refractivity contribution in [2.75, 3.05) is 13.2 Å². The van der Waals surface area contributed by atoms with E-state index in [-0.39, 0.29) is 0 Å². The van der Waals surface area contributed by atoms with Crippen molar-refractivity contribution in [2.24, 2.45) is 11.3 Å². The minimum absolute atomic E-state index is 0.521. The molecule has 0 amide bonds. The van der Waals surface area contributed by atoms with Crippen LogP contribution in [0, 0.1) is 11.3 Å². The molecule has 1 nitrogen and oxygen atoms in total. The summed E-state index contributed by atoms with van der Waals surface area (Å²) in [7, 11) is 0. The fourth-order valence-electron chi connectivity index (χ4n) is 2.50. The molecule has 0 aromatic heterocycles. The molecule has 1 heteroatoms. The lowest BCUT2D eigenvalue weighted by atomic mass is 9.67. The van der Waals surface area contributed by atoms with Gasteiger partial charge in [-0.25, -0.2) is 0 Å². The van der Waals surface area contributed by atoms with Crippen LogP contribution in [-0.4, -0.2) is 13.2 Å². The highest BCUT2D eigenvalue weighted by Crippen LogP contribution is 2.43. The van der Waals surface area contributed by atoms with E-state index in [0.29, 0.717) is 5.41 Å². The zero-order valence-electron chi connectivity index (χ0n) is 10.6. The van der Waals surface area contributed by atoms with Crippen molar-refractivity contribution < 1.29 is 4.74 Å². The monoisotopic (exact) mass is 210 g/mol. The van der Waals surface area contributed by atoms with Crippen molar-refractivity contribution in [2.45, 2.75) is 52.9 Å². The van der Waals surface area contributed by atoms with E-state index < -0.39 is 0 Å². The standard InChI is InChI=1S/C14H26O/c1-12(2)11-15-10-9-14(4)8-6-5-7-13(14)3/h13H,1,5-11H2,2-4H3. The van der Waals surface area contributed by atoms with Gasteiger partial charge in [-0.3, -0.25) is 0 Å². The van der Waals surface area contributed by atoms with E-state index in [9.17, 15) is 0 Å². The SMILES string of the molecule is C=C(C)COCCC1(C)CCCCC1C. The van der Waals surface area contributed by atoms with Crippen LogP contribution >= 0.6 is 0 Å². The summed E-state index contributed by atoms with van der Waals surface area (Å²) < 4.78 is 5.61. The fourth-order valence-corrected chi connectivity index (χ4v) is 2.50. The van der Waals surface area contributed by atoms with Crippen LogP contribution in [0.15, 0.2) is 12.2 Å². The Balaban J connectivity index is 2.25. The topological polar surface area (TPSA) is 9.23 Å². The summed E-state index contributed by atoms with van der Waals surface area (Å²) in [5, 5.41) is 0. The summed E-state index contributed by atoms with van der Waals surface area (Å²) >= 11 is 0. The van der Waals surface area contributed by atoms with E-state index in [1.165, 1.54) is 32.1 Å². The van der Waals surface area contributed by atoms with Gasteiger partial charge >= 0.3 is 0 Å². The maximum atomic E-state index is 5.61. The van der Waals surface area contributed by atoms with Crippen molar-refractivity contribution in [1.29, 1.82) is 0 Å². The highest BCUT2D eigenvalue weighted by atomic mass is 16.5. The Morgan fingerprint density at radius 1 is 1.47 bits per heavy atom. The zero-order chi connectivity index (χ0) is 11.3. The summed E-state index contributed by atoms with van der Waals surface area (Å²) in [6, 6.07) is 0.